The van der Waals surface area contributed by atoms with Crippen molar-refractivity contribution in [3.63, 3.8) is 0 Å². The Morgan fingerprint density at radius 3 is 2.70 bits per heavy atom. The molecule has 27 heavy (non-hydrogen) atoms. The molecule has 0 bridgehead atoms. The Balaban J connectivity index is 1.42. The standard InChI is InChI=1S/C24H30O3/c1-16(8-7-11-19-9-5-4-6-10-19)26-20-14-22-24-21(12-13-25-22)17(2)18(3)27-23(24)15-20/h4-6,9-10,14-18,21H,7-8,11-13H2,1-3H3. The van der Waals surface area contributed by atoms with Gasteiger partial charge in [-0.1, -0.05) is 37.3 Å². The van der Waals surface area contributed by atoms with Crippen molar-refractivity contribution in [3.8, 4) is 17.2 Å². The Morgan fingerprint density at radius 1 is 1.11 bits per heavy atom. The maximum Gasteiger partial charge on any atom is 0.130 e. The van der Waals surface area contributed by atoms with E-state index < -0.39 is 0 Å². The number of hydrogen-bond donors (Lipinski definition) is 0. The van der Waals surface area contributed by atoms with Gasteiger partial charge in [0, 0.05) is 23.6 Å². The average molecular weight is 367 g/mol. The van der Waals surface area contributed by atoms with Gasteiger partial charge in [0.15, 0.2) is 0 Å². The third-order valence-electron chi connectivity index (χ3n) is 6.08. The van der Waals surface area contributed by atoms with Gasteiger partial charge in [-0.3, -0.25) is 0 Å². The molecule has 0 saturated heterocycles. The molecule has 0 saturated carbocycles. The molecule has 2 aromatic carbocycles. The molecule has 144 valence electrons. The second-order valence-corrected chi connectivity index (χ2v) is 8.07. The normalized spacial score (nSPS) is 24.3. The first kappa shape index (κ1) is 18.2. The molecule has 0 aromatic heterocycles. The molecule has 0 radical (unpaired) electrons. The molecule has 2 aliphatic rings. The van der Waals surface area contributed by atoms with E-state index in [1.807, 2.05) is 0 Å². The maximum absolute atomic E-state index is 6.22. The molecular weight excluding hydrogens is 336 g/mol. The average Bonchev–Trinajstić information content (AvgIpc) is 2.66. The fourth-order valence-corrected chi connectivity index (χ4v) is 4.36. The van der Waals surface area contributed by atoms with Gasteiger partial charge in [0.1, 0.15) is 17.2 Å². The van der Waals surface area contributed by atoms with E-state index in [1.54, 1.807) is 0 Å². The third-order valence-corrected chi connectivity index (χ3v) is 6.08. The lowest BCUT2D eigenvalue weighted by Gasteiger charge is -2.40. The summed E-state index contributed by atoms with van der Waals surface area (Å²) in [5.41, 5.74) is 2.63. The van der Waals surface area contributed by atoms with Crippen LogP contribution in [-0.4, -0.2) is 18.8 Å². The van der Waals surface area contributed by atoms with Gasteiger partial charge in [0.05, 0.1) is 18.8 Å². The van der Waals surface area contributed by atoms with Crippen molar-refractivity contribution >= 4 is 0 Å². The Hall–Kier alpha value is -2.16. The van der Waals surface area contributed by atoms with Crippen LogP contribution in [0.1, 0.15) is 57.1 Å². The summed E-state index contributed by atoms with van der Waals surface area (Å²) >= 11 is 0. The van der Waals surface area contributed by atoms with Crippen LogP contribution in [0.5, 0.6) is 17.2 Å². The Kier molecular flexibility index (Phi) is 5.29. The van der Waals surface area contributed by atoms with Gasteiger partial charge < -0.3 is 14.2 Å². The van der Waals surface area contributed by atoms with Crippen LogP contribution >= 0.6 is 0 Å². The predicted octanol–water partition coefficient (Wildman–Crippen LogP) is 5.76. The Labute approximate surface area is 162 Å². The molecule has 2 heterocycles. The van der Waals surface area contributed by atoms with Crippen molar-refractivity contribution in [2.24, 2.45) is 5.92 Å². The lowest BCUT2D eigenvalue weighted by molar-refractivity contribution is 0.0939. The zero-order valence-corrected chi connectivity index (χ0v) is 16.6. The van der Waals surface area contributed by atoms with Gasteiger partial charge in [-0.2, -0.15) is 0 Å². The molecule has 4 atom stereocenters. The molecule has 3 nitrogen and oxygen atoms in total. The summed E-state index contributed by atoms with van der Waals surface area (Å²) in [5.74, 6) is 3.82. The van der Waals surface area contributed by atoms with Gasteiger partial charge in [-0.05, 0) is 51.0 Å². The quantitative estimate of drug-likeness (QED) is 0.650. The number of hydrogen-bond acceptors (Lipinski definition) is 3. The smallest absolute Gasteiger partial charge is 0.130 e. The second kappa shape index (κ2) is 7.84. The highest BCUT2D eigenvalue weighted by atomic mass is 16.5. The van der Waals surface area contributed by atoms with Crippen LogP contribution in [0.25, 0.3) is 0 Å². The van der Waals surface area contributed by atoms with Crippen molar-refractivity contribution in [1.82, 2.24) is 0 Å². The number of aryl methyl sites for hydroxylation is 1. The van der Waals surface area contributed by atoms with Crippen LogP contribution in [0.2, 0.25) is 0 Å². The molecular formula is C24H30O3. The van der Waals surface area contributed by atoms with E-state index in [9.17, 15) is 0 Å². The molecule has 2 aliphatic heterocycles. The van der Waals surface area contributed by atoms with Crippen LogP contribution in [0.3, 0.4) is 0 Å². The minimum absolute atomic E-state index is 0.165. The summed E-state index contributed by atoms with van der Waals surface area (Å²) in [6.45, 7) is 7.38. The SMILES string of the molecule is CC(CCCc1ccccc1)Oc1cc2c3c(c1)OC(C)C(C)C3CCO2. The minimum atomic E-state index is 0.165. The second-order valence-electron chi connectivity index (χ2n) is 8.07. The third kappa shape index (κ3) is 3.92. The van der Waals surface area contributed by atoms with E-state index in [4.69, 9.17) is 14.2 Å². The predicted molar refractivity (Wildman–Crippen MR) is 108 cm³/mol. The van der Waals surface area contributed by atoms with Gasteiger partial charge >= 0.3 is 0 Å². The number of rotatable bonds is 6. The Bertz CT molecular complexity index is 771. The highest BCUT2D eigenvalue weighted by Gasteiger charge is 2.38. The van der Waals surface area contributed by atoms with Gasteiger partial charge in [0.25, 0.3) is 0 Å². The van der Waals surface area contributed by atoms with E-state index >= 15 is 0 Å². The molecule has 0 amide bonds. The maximum atomic E-state index is 6.22. The Morgan fingerprint density at radius 2 is 1.89 bits per heavy atom. The zero-order chi connectivity index (χ0) is 18.8. The zero-order valence-electron chi connectivity index (χ0n) is 16.6. The van der Waals surface area contributed by atoms with Crippen molar-refractivity contribution < 1.29 is 14.2 Å². The van der Waals surface area contributed by atoms with Crippen molar-refractivity contribution in [3.05, 3.63) is 53.6 Å². The molecule has 0 spiro atoms. The summed E-state index contributed by atoms with van der Waals surface area (Å²) in [6, 6.07) is 14.8. The first-order valence-electron chi connectivity index (χ1n) is 10.3. The van der Waals surface area contributed by atoms with Crippen LogP contribution in [0.15, 0.2) is 42.5 Å². The monoisotopic (exact) mass is 366 g/mol. The molecule has 0 N–H and O–H groups in total. The van der Waals surface area contributed by atoms with E-state index in [0.29, 0.717) is 11.8 Å². The molecule has 4 unspecified atom stereocenters. The van der Waals surface area contributed by atoms with E-state index in [0.717, 1.165) is 49.5 Å². The van der Waals surface area contributed by atoms with Gasteiger partial charge in [0.2, 0.25) is 0 Å². The van der Waals surface area contributed by atoms with Crippen LogP contribution in [0, 0.1) is 5.92 Å². The van der Waals surface area contributed by atoms with Crippen molar-refractivity contribution in [2.45, 2.75) is 64.6 Å². The molecule has 2 aromatic rings. The fourth-order valence-electron chi connectivity index (χ4n) is 4.36. The van der Waals surface area contributed by atoms with Crippen LogP contribution in [0.4, 0.5) is 0 Å². The highest BCUT2D eigenvalue weighted by molar-refractivity contribution is 5.54. The van der Waals surface area contributed by atoms with Crippen LogP contribution in [-0.2, 0) is 6.42 Å². The fraction of sp³-hybridized carbons (Fsp3) is 0.500. The van der Waals surface area contributed by atoms with E-state index in [1.165, 1.54) is 11.1 Å². The minimum Gasteiger partial charge on any atom is -0.493 e. The van der Waals surface area contributed by atoms with Gasteiger partial charge in [-0.25, -0.2) is 0 Å². The lowest BCUT2D eigenvalue weighted by atomic mass is 9.78. The summed E-state index contributed by atoms with van der Waals surface area (Å²) < 4.78 is 18.4. The summed E-state index contributed by atoms with van der Waals surface area (Å²) in [6.07, 6.45) is 4.70. The molecule has 0 aliphatic carbocycles. The largest absolute Gasteiger partial charge is 0.493 e. The van der Waals surface area contributed by atoms with Gasteiger partial charge in [-0.15, -0.1) is 0 Å². The number of benzene rings is 2. The summed E-state index contributed by atoms with van der Waals surface area (Å²) in [5, 5.41) is 0. The van der Waals surface area contributed by atoms with Crippen molar-refractivity contribution in [1.29, 1.82) is 0 Å². The molecule has 4 rings (SSSR count). The molecule has 0 fully saturated rings. The van der Waals surface area contributed by atoms with E-state index in [-0.39, 0.29) is 12.2 Å². The molecule has 3 heteroatoms. The van der Waals surface area contributed by atoms with E-state index in [2.05, 4.69) is 63.2 Å². The first-order chi connectivity index (χ1) is 13.1. The first-order valence-corrected chi connectivity index (χ1v) is 10.3. The summed E-state index contributed by atoms with van der Waals surface area (Å²) in [4.78, 5) is 0. The summed E-state index contributed by atoms with van der Waals surface area (Å²) in [7, 11) is 0. The van der Waals surface area contributed by atoms with Crippen LogP contribution < -0.4 is 14.2 Å². The topological polar surface area (TPSA) is 27.7 Å². The highest BCUT2D eigenvalue weighted by Crippen LogP contribution is 2.50. The lowest BCUT2D eigenvalue weighted by Crippen LogP contribution is -2.35. The van der Waals surface area contributed by atoms with Crippen molar-refractivity contribution in [2.75, 3.05) is 6.61 Å². The number of ether oxygens (including phenoxy) is 3.